The van der Waals surface area contributed by atoms with Crippen LogP contribution in [0.5, 0.6) is 0 Å². The van der Waals surface area contributed by atoms with E-state index in [-0.39, 0.29) is 4.90 Å². The third-order valence-electron chi connectivity index (χ3n) is 1.63. The molecule has 0 rings (SSSR count). The van der Waals surface area contributed by atoms with Crippen molar-refractivity contribution in [3.8, 4) is 0 Å². The molecule has 0 N–H and O–H groups in total. The summed E-state index contributed by atoms with van der Waals surface area (Å²) in [4.78, 5) is 22.7. The molecule has 9 heteroatoms. The zero-order chi connectivity index (χ0) is 14.6. The number of carbonyl (C=O) groups is 2. The highest BCUT2D eigenvalue weighted by molar-refractivity contribution is 6.58. The summed E-state index contributed by atoms with van der Waals surface area (Å²) < 4.78 is 45.9. The molecule has 0 fully saturated rings. The summed E-state index contributed by atoms with van der Waals surface area (Å²) in [6, 6.07) is 0. The van der Waals surface area contributed by atoms with Crippen LogP contribution in [0.3, 0.4) is 0 Å². The van der Waals surface area contributed by atoms with Gasteiger partial charge in [-0.3, -0.25) is 4.79 Å². The van der Waals surface area contributed by atoms with Gasteiger partial charge in [0.1, 0.15) is 12.1 Å². The van der Waals surface area contributed by atoms with Crippen molar-refractivity contribution < 1.29 is 32.0 Å². The average molecular weight is 270 g/mol. The van der Waals surface area contributed by atoms with Crippen LogP contribution in [0.25, 0.3) is 0 Å². The van der Waals surface area contributed by atoms with Crippen molar-refractivity contribution in [2.75, 3.05) is 20.1 Å². The molecule has 5 nitrogen and oxygen atoms in total. The van der Waals surface area contributed by atoms with Gasteiger partial charge >= 0.3 is 19.0 Å². The van der Waals surface area contributed by atoms with E-state index >= 15 is 0 Å². The van der Waals surface area contributed by atoms with Gasteiger partial charge in [-0.25, -0.2) is 4.79 Å². The molecule has 0 saturated carbocycles. The number of nitrogens with zero attached hydrogens (tertiary/aromatic N) is 1. The van der Waals surface area contributed by atoms with Gasteiger partial charge < -0.3 is 27.3 Å². The Balaban J connectivity index is 4.75. The molecular weight excluding hydrogens is 254 g/mol. The van der Waals surface area contributed by atoms with E-state index in [0.29, 0.717) is 0 Å². The second-order valence-electron chi connectivity index (χ2n) is 4.65. The number of halogens is 3. The third kappa shape index (κ3) is 7.80. The fourth-order valence-corrected chi connectivity index (χ4v) is 1.00. The van der Waals surface area contributed by atoms with Crippen LogP contribution in [0, 0.1) is 0 Å². The minimum Gasteiger partial charge on any atom is -0.468 e. The lowest BCUT2D eigenvalue weighted by atomic mass is 9.91. The van der Waals surface area contributed by atoms with Crippen LogP contribution in [-0.4, -0.2) is 49.6 Å². The fourth-order valence-electron chi connectivity index (χ4n) is 1.00. The summed E-state index contributed by atoms with van der Waals surface area (Å²) in [7, 11) is 1.02. The quantitative estimate of drug-likeness (QED) is 0.577. The summed E-state index contributed by atoms with van der Waals surface area (Å²) in [6.07, 6.45) is -2.71. The minimum atomic E-state index is -5.25. The van der Waals surface area contributed by atoms with E-state index in [1.165, 1.54) is 20.8 Å². The molecule has 0 heterocycles. The Bertz CT molecular complexity index is 314. The van der Waals surface area contributed by atoms with E-state index in [1.54, 1.807) is 0 Å². The predicted molar refractivity (Wildman–Crippen MR) is 58.9 cm³/mol. The molecule has 0 aromatic heterocycles. The van der Waals surface area contributed by atoms with Crippen LogP contribution >= 0.6 is 0 Å². The number of hydrogen-bond donors (Lipinski definition) is 0. The molecule has 18 heavy (non-hydrogen) atoms. The van der Waals surface area contributed by atoms with Gasteiger partial charge in [0.25, 0.3) is 0 Å². The van der Waals surface area contributed by atoms with E-state index in [0.717, 1.165) is 7.11 Å². The van der Waals surface area contributed by atoms with Gasteiger partial charge in [-0.1, -0.05) is 0 Å². The van der Waals surface area contributed by atoms with Gasteiger partial charge in [0, 0.05) is 0 Å². The SMILES string of the molecule is COC(=O)CN(C[B-](F)(F)F)C(=O)OC(C)(C)C. The molecular formula is C9H16BF3NO4-. The Labute approximate surface area is 103 Å². The highest BCUT2D eigenvalue weighted by Crippen LogP contribution is 2.15. The standard InChI is InChI=1S/C9H16BF3NO4/c1-9(2,3)18-8(16)14(5-7(15)17-4)6-10(11,12)13/h5-6H2,1-4H3/q-1. The molecule has 0 unspecified atom stereocenters. The van der Waals surface area contributed by atoms with Crippen molar-refractivity contribution in [3.05, 3.63) is 0 Å². The summed E-state index contributed by atoms with van der Waals surface area (Å²) in [5.74, 6) is -0.944. The van der Waals surface area contributed by atoms with Crippen molar-refractivity contribution in [2.45, 2.75) is 26.4 Å². The largest absolute Gasteiger partial charge is 0.497 e. The minimum absolute atomic E-state index is 0.275. The zero-order valence-electron chi connectivity index (χ0n) is 10.7. The normalized spacial score (nSPS) is 11.9. The molecule has 0 bridgehead atoms. The second-order valence-corrected chi connectivity index (χ2v) is 4.65. The van der Waals surface area contributed by atoms with Crippen molar-refractivity contribution in [3.63, 3.8) is 0 Å². The Morgan fingerprint density at radius 1 is 1.22 bits per heavy atom. The molecule has 0 radical (unpaired) electrons. The van der Waals surface area contributed by atoms with E-state index in [1.807, 2.05) is 0 Å². The Hall–Kier alpha value is -1.41. The van der Waals surface area contributed by atoms with E-state index in [9.17, 15) is 22.5 Å². The Kier molecular flexibility index (Phi) is 5.50. The predicted octanol–water partition coefficient (Wildman–Crippen LogP) is 1.78. The summed E-state index contributed by atoms with van der Waals surface area (Å²) in [6.45, 7) is -1.51. The van der Waals surface area contributed by atoms with Crippen LogP contribution in [0.4, 0.5) is 17.7 Å². The third-order valence-corrected chi connectivity index (χ3v) is 1.63. The molecule has 106 valence electrons. The Morgan fingerprint density at radius 2 is 1.72 bits per heavy atom. The van der Waals surface area contributed by atoms with Gasteiger partial charge in [0.2, 0.25) is 0 Å². The van der Waals surface area contributed by atoms with E-state index in [2.05, 4.69) is 4.74 Å². The fraction of sp³-hybridized carbons (Fsp3) is 0.778. The number of hydrogen-bond acceptors (Lipinski definition) is 4. The van der Waals surface area contributed by atoms with Crippen LogP contribution < -0.4 is 0 Å². The lowest BCUT2D eigenvalue weighted by Gasteiger charge is -2.29. The summed E-state index contributed by atoms with van der Waals surface area (Å²) in [5, 5.41) is 0. The molecule has 0 atom stereocenters. The van der Waals surface area contributed by atoms with Crippen molar-refractivity contribution >= 4 is 19.0 Å². The van der Waals surface area contributed by atoms with E-state index in [4.69, 9.17) is 4.74 Å². The first-order valence-electron chi connectivity index (χ1n) is 5.20. The highest BCUT2D eigenvalue weighted by Gasteiger charge is 2.32. The first-order chi connectivity index (χ1) is 7.94. The number of methoxy groups -OCH3 is 1. The van der Waals surface area contributed by atoms with Crippen molar-refractivity contribution in [1.82, 2.24) is 4.90 Å². The van der Waals surface area contributed by atoms with Crippen molar-refractivity contribution in [1.29, 1.82) is 0 Å². The maximum atomic E-state index is 12.3. The topological polar surface area (TPSA) is 55.8 Å². The first kappa shape index (κ1) is 16.6. The van der Waals surface area contributed by atoms with Gasteiger partial charge in [-0.2, -0.15) is 0 Å². The van der Waals surface area contributed by atoms with Crippen LogP contribution in [0.2, 0.25) is 0 Å². The lowest BCUT2D eigenvalue weighted by molar-refractivity contribution is -0.141. The average Bonchev–Trinajstić information content (AvgIpc) is 2.11. The van der Waals surface area contributed by atoms with Gasteiger partial charge in [-0.05, 0) is 27.2 Å². The smallest absolute Gasteiger partial charge is 0.468 e. The first-order valence-corrected chi connectivity index (χ1v) is 5.20. The van der Waals surface area contributed by atoms with Crippen LogP contribution in [0.15, 0.2) is 0 Å². The molecule has 0 aliphatic carbocycles. The number of carbonyl (C=O) groups excluding carboxylic acids is 2. The molecule has 0 aromatic rings. The molecule has 0 aliphatic rings. The lowest BCUT2D eigenvalue weighted by Crippen LogP contribution is -2.46. The summed E-state index contributed by atoms with van der Waals surface area (Å²) >= 11 is 0. The maximum absolute atomic E-state index is 12.3. The molecule has 0 aliphatic heterocycles. The van der Waals surface area contributed by atoms with Crippen LogP contribution in [0.1, 0.15) is 20.8 Å². The number of rotatable bonds is 4. The highest BCUT2D eigenvalue weighted by atomic mass is 19.4. The summed E-state index contributed by atoms with van der Waals surface area (Å²) in [5.41, 5.74) is -0.940. The number of ether oxygens (including phenoxy) is 2. The molecule has 0 saturated heterocycles. The van der Waals surface area contributed by atoms with E-state index < -0.39 is 37.6 Å². The van der Waals surface area contributed by atoms with Crippen molar-refractivity contribution in [2.24, 2.45) is 0 Å². The van der Waals surface area contributed by atoms with Gasteiger partial charge in [0.15, 0.2) is 0 Å². The molecule has 1 amide bonds. The number of esters is 1. The molecule has 0 aromatic carbocycles. The van der Waals surface area contributed by atoms with Crippen LogP contribution in [-0.2, 0) is 14.3 Å². The number of amides is 1. The van der Waals surface area contributed by atoms with Gasteiger partial charge in [0.05, 0.1) is 7.11 Å². The molecule has 0 spiro atoms. The Morgan fingerprint density at radius 3 is 2.06 bits per heavy atom. The maximum Gasteiger partial charge on any atom is 0.497 e. The monoisotopic (exact) mass is 270 g/mol. The van der Waals surface area contributed by atoms with Gasteiger partial charge in [-0.15, -0.1) is 0 Å². The second kappa shape index (κ2) is 5.97. The zero-order valence-corrected chi connectivity index (χ0v) is 10.7.